The molecule has 4 heteroatoms. The van der Waals surface area contributed by atoms with Crippen LogP contribution in [0.4, 0.5) is 0 Å². The van der Waals surface area contributed by atoms with Gasteiger partial charge in [-0.15, -0.1) is 11.6 Å². The van der Waals surface area contributed by atoms with Crippen LogP contribution in [0.15, 0.2) is 24.3 Å². The van der Waals surface area contributed by atoms with E-state index >= 15 is 0 Å². The summed E-state index contributed by atoms with van der Waals surface area (Å²) in [4.78, 5) is 11.0. The molecule has 0 radical (unpaired) electrons. The van der Waals surface area contributed by atoms with Gasteiger partial charge in [-0.1, -0.05) is 12.1 Å². The van der Waals surface area contributed by atoms with Gasteiger partial charge in [0, 0.05) is 6.54 Å². The normalized spacial score (nSPS) is 10.2. The van der Waals surface area contributed by atoms with Crippen LogP contribution in [0.5, 0.6) is 5.75 Å². The summed E-state index contributed by atoms with van der Waals surface area (Å²) >= 11 is 5.38. The lowest BCUT2D eigenvalue weighted by Gasteiger charge is -2.11. The number of hydrogen-bond acceptors (Lipinski definition) is 2. The number of nitrogens with one attached hydrogen (secondary N) is 1. The molecule has 0 atom stereocenters. The maximum atomic E-state index is 11.0. The lowest BCUT2D eigenvalue weighted by atomic mass is 10.2. The number of benzene rings is 1. The van der Waals surface area contributed by atoms with Crippen LogP contribution < -0.4 is 10.1 Å². The summed E-state index contributed by atoms with van der Waals surface area (Å²) in [7, 11) is 0. The smallest absolute Gasteiger partial charge is 0.235 e. The van der Waals surface area contributed by atoms with Gasteiger partial charge < -0.3 is 10.1 Å². The fourth-order valence-electron chi connectivity index (χ4n) is 1.25. The predicted octanol–water partition coefficient (Wildman–Crippen LogP) is 2.33. The number of hydrogen-bond donors (Lipinski definition) is 1. The van der Waals surface area contributed by atoms with Crippen molar-refractivity contribution < 1.29 is 9.53 Å². The van der Waals surface area contributed by atoms with Gasteiger partial charge in [-0.25, -0.2) is 0 Å². The third kappa shape index (κ3) is 4.53. The molecule has 88 valence electrons. The Morgan fingerprint density at radius 3 is 2.88 bits per heavy atom. The highest BCUT2D eigenvalue weighted by molar-refractivity contribution is 6.27. The van der Waals surface area contributed by atoms with Crippen LogP contribution >= 0.6 is 11.6 Å². The van der Waals surface area contributed by atoms with Gasteiger partial charge in [0.2, 0.25) is 5.91 Å². The molecule has 0 spiro atoms. The summed E-state index contributed by atoms with van der Waals surface area (Å²) in [5, 5.41) is 2.70. The first-order valence-electron chi connectivity index (χ1n) is 5.20. The van der Waals surface area contributed by atoms with Crippen LogP contribution in [-0.4, -0.2) is 17.9 Å². The van der Waals surface area contributed by atoms with Gasteiger partial charge >= 0.3 is 0 Å². The zero-order valence-corrected chi connectivity index (χ0v) is 10.3. The van der Waals surface area contributed by atoms with E-state index in [4.69, 9.17) is 16.3 Å². The molecule has 1 N–H and O–H groups in total. The van der Waals surface area contributed by atoms with E-state index in [1.807, 2.05) is 38.1 Å². The van der Waals surface area contributed by atoms with Crippen molar-refractivity contribution in [3.05, 3.63) is 29.8 Å². The van der Waals surface area contributed by atoms with Crippen molar-refractivity contribution in [1.29, 1.82) is 0 Å². The summed E-state index contributed by atoms with van der Waals surface area (Å²) in [6.07, 6.45) is 0.146. The molecule has 0 aliphatic rings. The summed E-state index contributed by atoms with van der Waals surface area (Å²) in [5.74, 6) is 0.631. The molecule has 0 saturated heterocycles. The minimum atomic E-state index is -0.170. The summed E-state index contributed by atoms with van der Waals surface area (Å²) < 4.78 is 5.55. The van der Waals surface area contributed by atoms with Crippen molar-refractivity contribution >= 4 is 17.5 Å². The molecule has 1 aromatic carbocycles. The van der Waals surface area contributed by atoms with Crippen molar-refractivity contribution in [3.63, 3.8) is 0 Å². The first-order chi connectivity index (χ1) is 7.61. The SMILES string of the molecule is CC(C)Oc1cccc(CNC(=O)CCl)c1. The van der Waals surface area contributed by atoms with Crippen LogP contribution in [0.25, 0.3) is 0 Å². The second kappa shape index (κ2) is 6.38. The number of rotatable bonds is 5. The predicted molar refractivity (Wildman–Crippen MR) is 64.8 cm³/mol. The first-order valence-corrected chi connectivity index (χ1v) is 5.73. The minimum Gasteiger partial charge on any atom is -0.491 e. The monoisotopic (exact) mass is 241 g/mol. The highest BCUT2D eigenvalue weighted by Gasteiger charge is 2.01. The number of alkyl halides is 1. The lowest BCUT2D eigenvalue weighted by Crippen LogP contribution is -2.23. The Morgan fingerprint density at radius 2 is 2.25 bits per heavy atom. The molecule has 0 saturated carbocycles. The van der Waals surface area contributed by atoms with Gasteiger partial charge in [-0.2, -0.15) is 0 Å². The molecule has 1 aromatic rings. The summed E-state index contributed by atoms with van der Waals surface area (Å²) in [5.41, 5.74) is 0.997. The molecule has 0 aliphatic carbocycles. The van der Waals surface area contributed by atoms with Crippen LogP contribution in [0.2, 0.25) is 0 Å². The fraction of sp³-hybridized carbons (Fsp3) is 0.417. The number of amides is 1. The van der Waals surface area contributed by atoms with E-state index in [2.05, 4.69) is 5.32 Å². The van der Waals surface area contributed by atoms with Crippen molar-refractivity contribution in [3.8, 4) is 5.75 Å². The van der Waals surface area contributed by atoms with E-state index in [9.17, 15) is 4.79 Å². The van der Waals surface area contributed by atoms with Gasteiger partial charge in [0.15, 0.2) is 0 Å². The van der Waals surface area contributed by atoms with E-state index in [1.165, 1.54) is 0 Å². The van der Waals surface area contributed by atoms with Crippen molar-refractivity contribution in [2.75, 3.05) is 5.88 Å². The zero-order chi connectivity index (χ0) is 12.0. The summed E-state index contributed by atoms with van der Waals surface area (Å²) in [6.45, 7) is 4.42. The fourth-order valence-corrected chi connectivity index (χ4v) is 1.34. The van der Waals surface area contributed by atoms with Gasteiger partial charge in [0.1, 0.15) is 11.6 Å². The molecule has 0 unspecified atom stereocenters. The van der Waals surface area contributed by atoms with E-state index in [0.29, 0.717) is 6.54 Å². The van der Waals surface area contributed by atoms with Crippen LogP contribution in [0, 0.1) is 0 Å². The molecule has 1 amide bonds. The maximum Gasteiger partial charge on any atom is 0.235 e. The van der Waals surface area contributed by atoms with Gasteiger partial charge in [-0.3, -0.25) is 4.79 Å². The number of ether oxygens (including phenoxy) is 1. The minimum absolute atomic E-state index is 0.0117. The highest BCUT2D eigenvalue weighted by Crippen LogP contribution is 2.14. The molecular formula is C12H16ClNO2. The number of carbonyl (C=O) groups excluding carboxylic acids is 1. The van der Waals surface area contributed by atoms with E-state index in [-0.39, 0.29) is 17.9 Å². The maximum absolute atomic E-state index is 11.0. The van der Waals surface area contributed by atoms with E-state index in [1.54, 1.807) is 0 Å². The lowest BCUT2D eigenvalue weighted by molar-refractivity contribution is -0.118. The quantitative estimate of drug-likeness (QED) is 0.804. The van der Waals surface area contributed by atoms with Crippen LogP contribution in [0.3, 0.4) is 0 Å². The molecule has 0 heterocycles. The van der Waals surface area contributed by atoms with Crippen molar-refractivity contribution in [2.24, 2.45) is 0 Å². The van der Waals surface area contributed by atoms with Crippen LogP contribution in [-0.2, 0) is 11.3 Å². The van der Waals surface area contributed by atoms with E-state index in [0.717, 1.165) is 11.3 Å². The average Bonchev–Trinajstić information content (AvgIpc) is 2.25. The second-order valence-electron chi connectivity index (χ2n) is 3.72. The standard InChI is InChI=1S/C12H16ClNO2/c1-9(2)16-11-5-3-4-10(6-11)8-14-12(15)7-13/h3-6,9H,7-8H2,1-2H3,(H,14,15). The Hall–Kier alpha value is -1.22. The molecule has 0 aliphatic heterocycles. The topological polar surface area (TPSA) is 38.3 Å². The van der Waals surface area contributed by atoms with Crippen molar-refractivity contribution in [1.82, 2.24) is 5.32 Å². The third-order valence-electron chi connectivity index (χ3n) is 1.88. The zero-order valence-electron chi connectivity index (χ0n) is 9.50. The Balaban J connectivity index is 2.56. The molecule has 0 bridgehead atoms. The molecule has 0 fully saturated rings. The number of halogens is 1. The Morgan fingerprint density at radius 1 is 1.50 bits per heavy atom. The van der Waals surface area contributed by atoms with Gasteiger partial charge in [0.25, 0.3) is 0 Å². The highest BCUT2D eigenvalue weighted by atomic mass is 35.5. The van der Waals surface area contributed by atoms with Gasteiger partial charge in [-0.05, 0) is 31.5 Å². The summed E-state index contributed by atoms with van der Waals surface area (Å²) in [6, 6.07) is 7.64. The molecule has 16 heavy (non-hydrogen) atoms. The largest absolute Gasteiger partial charge is 0.491 e. The molecule has 0 aromatic heterocycles. The van der Waals surface area contributed by atoms with E-state index < -0.39 is 0 Å². The molecular weight excluding hydrogens is 226 g/mol. The Labute approximate surface area is 101 Å². The molecule has 1 rings (SSSR count). The first kappa shape index (κ1) is 12.8. The number of carbonyl (C=O) groups is 1. The third-order valence-corrected chi connectivity index (χ3v) is 2.12. The van der Waals surface area contributed by atoms with Gasteiger partial charge in [0.05, 0.1) is 6.10 Å². The molecule has 3 nitrogen and oxygen atoms in total. The Kier molecular flexibility index (Phi) is 5.12. The van der Waals surface area contributed by atoms with Crippen molar-refractivity contribution in [2.45, 2.75) is 26.5 Å². The second-order valence-corrected chi connectivity index (χ2v) is 3.99. The average molecular weight is 242 g/mol. The van der Waals surface area contributed by atoms with Crippen LogP contribution in [0.1, 0.15) is 19.4 Å². The Bertz CT molecular complexity index is 353.